The van der Waals surface area contributed by atoms with E-state index < -0.39 is 5.41 Å². The fraction of sp³-hybridized carbons (Fsp3) is 0.143. The zero-order valence-corrected chi connectivity index (χ0v) is 39.7. The van der Waals surface area contributed by atoms with Gasteiger partial charge in [-0.05, 0) is 78.6 Å². The SMILES string of the molecule is CC(C)(C)c1ccc2c(c1)C1(c3cc(-c4nc(-c5ccccc5)nc(-c5ccccc5)n4)ccc3-c3ccc(-c4nc(-c5ccccc5)nc(-c5ccccc5)n4)cc31)c1cc(C(C)(C)C)ccc1-2. The van der Waals surface area contributed by atoms with Crippen molar-refractivity contribution in [3.8, 4) is 90.6 Å². The van der Waals surface area contributed by atoms with Crippen LogP contribution in [0.4, 0.5) is 0 Å². The predicted octanol–water partition coefficient (Wildman–Crippen LogP) is 15.0. The third-order valence-electron chi connectivity index (χ3n) is 13.9. The van der Waals surface area contributed by atoms with Crippen LogP contribution < -0.4 is 0 Å². The molecule has 1 spiro atoms. The van der Waals surface area contributed by atoms with Crippen molar-refractivity contribution in [2.45, 2.75) is 57.8 Å². The molecule has 0 saturated heterocycles. The summed E-state index contributed by atoms with van der Waals surface area (Å²) in [4.78, 5) is 31.1. The number of aromatic nitrogens is 6. The number of hydrogen-bond acceptors (Lipinski definition) is 6. The van der Waals surface area contributed by atoms with Crippen molar-refractivity contribution in [1.29, 1.82) is 0 Å². The molecule has 2 aliphatic carbocycles. The maximum Gasteiger partial charge on any atom is 0.164 e. The first-order valence-electron chi connectivity index (χ1n) is 23.8. The predicted molar refractivity (Wildman–Crippen MR) is 280 cm³/mol. The molecule has 2 aliphatic rings. The Bertz CT molecular complexity index is 3250. The molecule has 0 saturated carbocycles. The molecular weight excluding hydrogens is 841 g/mol. The van der Waals surface area contributed by atoms with Gasteiger partial charge in [-0.15, -0.1) is 0 Å². The van der Waals surface area contributed by atoms with Crippen LogP contribution in [0.1, 0.15) is 74.9 Å². The van der Waals surface area contributed by atoms with E-state index >= 15 is 0 Å². The number of fused-ring (bicyclic) bond motifs is 10. The van der Waals surface area contributed by atoms with E-state index in [1.54, 1.807) is 0 Å². The molecule has 8 aromatic carbocycles. The minimum Gasteiger partial charge on any atom is -0.208 e. The highest BCUT2D eigenvalue weighted by Crippen LogP contribution is 2.64. The first-order valence-corrected chi connectivity index (χ1v) is 23.8. The molecule has 0 radical (unpaired) electrons. The highest BCUT2D eigenvalue weighted by molar-refractivity contribution is 5.97. The van der Waals surface area contributed by atoms with E-state index in [4.69, 9.17) is 29.9 Å². The summed E-state index contributed by atoms with van der Waals surface area (Å²) in [6.07, 6.45) is 0. The van der Waals surface area contributed by atoms with Crippen LogP contribution in [-0.4, -0.2) is 29.9 Å². The van der Waals surface area contributed by atoms with Gasteiger partial charge in [-0.25, -0.2) is 29.9 Å². The van der Waals surface area contributed by atoms with Gasteiger partial charge in [0.25, 0.3) is 0 Å². The van der Waals surface area contributed by atoms with Crippen LogP contribution in [0.15, 0.2) is 194 Å². The van der Waals surface area contributed by atoms with Gasteiger partial charge >= 0.3 is 0 Å². The fourth-order valence-electron chi connectivity index (χ4n) is 10.3. The van der Waals surface area contributed by atoms with Crippen molar-refractivity contribution in [3.63, 3.8) is 0 Å². The summed E-state index contributed by atoms with van der Waals surface area (Å²) in [5.41, 5.74) is 16.9. The largest absolute Gasteiger partial charge is 0.208 e. The third kappa shape index (κ3) is 7.09. The normalized spacial score (nSPS) is 13.2. The molecule has 0 bridgehead atoms. The molecule has 69 heavy (non-hydrogen) atoms. The number of nitrogens with zero attached hydrogens (tertiary/aromatic N) is 6. The summed E-state index contributed by atoms with van der Waals surface area (Å²) < 4.78 is 0. The lowest BCUT2D eigenvalue weighted by Crippen LogP contribution is -2.27. The Balaban J connectivity index is 1.15. The van der Waals surface area contributed by atoms with Crippen LogP contribution >= 0.6 is 0 Å². The lowest BCUT2D eigenvalue weighted by Gasteiger charge is -2.33. The van der Waals surface area contributed by atoms with Gasteiger partial charge in [0.15, 0.2) is 34.9 Å². The molecule has 0 fully saturated rings. The van der Waals surface area contributed by atoms with Crippen LogP contribution in [0.25, 0.3) is 90.6 Å². The lowest BCUT2D eigenvalue weighted by atomic mass is 9.68. The smallest absolute Gasteiger partial charge is 0.164 e. The standard InChI is InChI=1S/C63H50N6/c1-61(2,3)45-29-33-49-50-34-30-46(62(4,5)6)38-54(50)63(53(49)37-45)51-35-43(59-66-55(39-19-11-7-12-20-39)64-56(67-59)40-21-13-8-14-22-40)27-31-47(51)48-32-28-44(36-52(48)63)60-68-57(41-23-15-9-16-24-41)65-58(69-60)42-25-17-10-18-26-42/h7-38H,1-6H3. The summed E-state index contributed by atoms with van der Waals surface area (Å²) in [5.74, 6) is 3.76. The van der Waals surface area contributed by atoms with Crippen molar-refractivity contribution in [1.82, 2.24) is 29.9 Å². The average Bonchev–Trinajstić information content (AvgIpc) is 3.85. The second-order valence-electron chi connectivity index (χ2n) is 20.4. The van der Waals surface area contributed by atoms with Crippen LogP contribution in [0.3, 0.4) is 0 Å². The number of rotatable bonds is 6. The van der Waals surface area contributed by atoms with Gasteiger partial charge in [0.05, 0.1) is 5.41 Å². The Morgan fingerprint density at radius 3 is 0.783 bits per heavy atom. The van der Waals surface area contributed by atoms with Crippen LogP contribution in [0.5, 0.6) is 0 Å². The summed E-state index contributed by atoms with van der Waals surface area (Å²) in [6, 6.07) is 68.8. The molecule has 10 aromatic rings. The van der Waals surface area contributed by atoms with E-state index in [1.807, 2.05) is 72.8 Å². The van der Waals surface area contributed by atoms with E-state index in [0.717, 1.165) is 33.4 Å². The third-order valence-corrected chi connectivity index (χ3v) is 13.9. The minimum absolute atomic E-state index is 0.103. The van der Waals surface area contributed by atoms with Crippen molar-refractivity contribution >= 4 is 0 Å². The van der Waals surface area contributed by atoms with E-state index in [2.05, 4.69) is 163 Å². The van der Waals surface area contributed by atoms with Crippen molar-refractivity contribution in [3.05, 3.63) is 228 Å². The highest BCUT2D eigenvalue weighted by atomic mass is 15.0. The van der Waals surface area contributed by atoms with E-state index in [1.165, 1.54) is 55.6 Å². The lowest BCUT2D eigenvalue weighted by molar-refractivity contribution is 0.586. The molecule has 6 heteroatoms. The Hall–Kier alpha value is -8.22. The first kappa shape index (κ1) is 42.2. The average molecular weight is 891 g/mol. The summed E-state index contributed by atoms with van der Waals surface area (Å²) >= 11 is 0. The van der Waals surface area contributed by atoms with Crippen molar-refractivity contribution in [2.24, 2.45) is 0 Å². The van der Waals surface area contributed by atoms with Crippen molar-refractivity contribution in [2.75, 3.05) is 0 Å². The Morgan fingerprint density at radius 2 is 0.507 bits per heavy atom. The molecule has 0 unspecified atom stereocenters. The Morgan fingerprint density at radius 1 is 0.261 bits per heavy atom. The minimum atomic E-state index is -0.723. The molecule has 2 aromatic heterocycles. The van der Waals surface area contributed by atoms with Gasteiger partial charge in [-0.2, -0.15) is 0 Å². The topological polar surface area (TPSA) is 77.3 Å². The molecule has 0 aliphatic heterocycles. The summed E-state index contributed by atoms with van der Waals surface area (Å²) in [6.45, 7) is 13.8. The number of hydrogen-bond donors (Lipinski definition) is 0. The van der Waals surface area contributed by atoms with Crippen LogP contribution in [-0.2, 0) is 16.2 Å². The van der Waals surface area contributed by atoms with Gasteiger partial charge in [-0.1, -0.05) is 224 Å². The van der Waals surface area contributed by atoms with Gasteiger partial charge in [0.1, 0.15) is 0 Å². The molecular formula is C63H50N6. The molecule has 0 atom stereocenters. The molecule has 6 nitrogen and oxygen atoms in total. The zero-order chi connectivity index (χ0) is 47.1. The van der Waals surface area contributed by atoms with Crippen LogP contribution in [0.2, 0.25) is 0 Å². The highest BCUT2D eigenvalue weighted by Gasteiger charge is 2.53. The van der Waals surface area contributed by atoms with E-state index in [0.29, 0.717) is 34.9 Å². The maximum absolute atomic E-state index is 5.25. The second kappa shape index (κ2) is 16.0. The fourth-order valence-corrected chi connectivity index (χ4v) is 10.3. The molecule has 0 N–H and O–H groups in total. The molecule has 332 valence electrons. The van der Waals surface area contributed by atoms with E-state index in [-0.39, 0.29) is 10.8 Å². The summed E-state index contributed by atoms with van der Waals surface area (Å²) in [5, 5.41) is 0. The van der Waals surface area contributed by atoms with Gasteiger partial charge in [0.2, 0.25) is 0 Å². The monoisotopic (exact) mass is 890 g/mol. The number of benzene rings is 8. The first-order chi connectivity index (χ1) is 33.4. The molecule has 2 heterocycles. The quantitative estimate of drug-likeness (QED) is 0.165. The van der Waals surface area contributed by atoms with Gasteiger partial charge in [-0.3, -0.25) is 0 Å². The van der Waals surface area contributed by atoms with Gasteiger partial charge < -0.3 is 0 Å². The van der Waals surface area contributed by atoms with Crippen molar-refractivity contribution < 1.29 is 0 Å². The Labute approximate surface area is 404 Å². The zero-order valence-electron chi connectivity index (χ0n) is 39.7. The molecule has 0 amide bonds. The summed E-state index contributed by atoms with van der Waals surface area (Å²) in [7, 11) is 0. The van der Waals surface area contributed by atoms with Gasteiger partial charge in [0, 0.05) is 33.4 Å². The Kier molecular flexibility index (Phi) is 9.75. The maximum atomic E-state index is 5.25. The molecule has 12 rings (SSSR count). The van der Waals surface area contributed by atoms with E-state index in [9.17, 15) is 0 Å². The second-order valence-corrected chi connectivity index (χ2v) is 20.4. The van der Waals surface area contributed by atoms with Crippen LogP contribution in [0, 0.1) is 0 Å².